The zero-order valence-electron chi connectivity index (χ0n) is 11.1. The first-order valence-electron chi connectivity index (χ1n) is 7.09. The summed E-state index contributed by atoms with van der Waals surface area (Å²) < 4.78 is 0. The minimum absolute atomic E-state index is 0.131. The Morgan fingerprint density at radius 2 is 1.52 bits per heavy atom. The smallest absolute Gasteiger partial charge is 0.238 e. The molecule has 0 N–H and O–H groups in total. The van der Waals surface area contributed by atoms with E-state index >= 15 is 0 Å². The van der Waals surface area contributed by atoms with Crippen molar-refractivity contribution in [3.05, 3.63) is 40.4 Å². The Kier molecular flexibility index (Phi) is 2.92. The molecule has 2 amide bonds. The first-order valence-corrected chi connectivity index (χ1v) is 7.84. The highest BCUT2D eigenvalue weighted by Gasteiger charge is 2.57. The summed E-state index contributed by atoms with van der Waals surface area (Å²) in [6, 6.07) is 4.86. The third-order valence-corrected chi connectivity index (χ3v) is 5.46. The molecule has 3 aliphatic carbocycles. The van der Waals surface area contributed by atoms with Crippen molar-refractivity contribution in [3.8, 4) is 0 Å². The van der Waals surface area contributed by atoms with Crippen molar-refractivity contribution in [2.45, 2.75) is 12.8 Å². The van der Waals surface area contributed by atoms with E-state index in [4.69, 9.17) is 23.2 Å². The summed E-state index contributed by atoms with van der Waals surface area (Å²) in [4.78, 5) is 26.8. The number of carbonyl (C=O) groups excluding carboxylic acids is 2. The van der Waals surface area contributed by atoms with Crippen molar-refractivity contribution in [1.82, 2.24) is 0 Å². The molecular formula is C16H13Cl2NO2. The molecule has 1 saturated heterocycles. The number of carbonyl (C=O) groups is 2. The SMILES string of the molecule is O=C1C2C(C(=O)N1c1cc(Cl)ccc1Cl)[C@H]1C=C[C@@H]2CC1. The summed E-state index contributed by atoms with van der Waals surface area (Å²) in [7, 11) is 0. The molecule has 3 nitrogen and oxygen atoms in total. The van der Waals surface area contributed by atoms with Gasteiger partial charge in [0, 0.05) is 5.02 Å². The number of fused-ring (bicyclic) bond motifs is 1. The number of rotatable bonds is 1. The molecule has 1 saturated carbocycles. The quantitative estimate of drug-likeness (QED) is 0.584. The summed E-state index contributed by atoms with van der Waals surface area (Å²) in [6.45, 7) is 0. The first kappa shape index (κ1) is 13.4. The molecule has 5 rings (SSSR count). The molecule has 1 heterocycles. The largest absolute Gasteiger partial charge is 0.274 e. The van der Waals surface area contributed by atoms with Gasteiger partial charge in [0.05, 0.1) is 22.5 Å². The van der Waals surface area contributed by atoms with E-state index in [1.165, 1.54) is 4.90 Å². The van der Waals surface area contributed by atoms with Crippen molar-refractivity contribution < 1.29 is 9.59 Å². The molecule has 5 heteroatoms. The Morgan fingerprint density at radius 3 is 2.05 bits per heavy atom. The van der Waals surface area contributed by atoms with Crippen molar-refractivity contribution in [1.29, 1.82) is 0 Å². The van der Waals surface area contributed by atoms with E-state index < -0.39 is 0 Å². The molecule has 2 unspecified atom stereocenters. The average Bonchev–Trinajstić information content (AvgIpc) is 2.77. The van der Waals surface area contributed by atoms with Crippen molar-refractivity contribution in [2.24, 2.45) is 23.7 Å². The van der Waals surface area contributed by atoms with E-state index in [1.54, 1.807) is 18.2 Å². The fourth-order valence-corrected chi connectivity index (χ4v) is 4.34. The van der Waals surface area contributed by atoms with Crippen molar-refractivity contribution in [3.63, 3.8) is 0 Å². The average molecular weight is 322 g/mol. The van der Waals surface area contributed by atoms with Crippen LogP contribution in [0.25, 0.3) is 0 Å². The van der Waals surface area contributed by atoms with Gasteiger partial charge >= 0.3 is 0 Å². The second kappa shape index (κ2) is 4.59. The monoisotopic (exact) mass is 321 g/mol. The van der Waals surface area contributed by atoms with E-state index in [2.05, 4.69) is 12.2 Å². The predicted molar refractivity (Wildman–Crippen MR) is 81.3 cm³/mol. The Balaban J connectivity index is 1.80. The molecule has 1 aromatic rings. The molecule has 1 aromatic carbocycles. The van der Waals surface area contributed by atoms with Gasteiger partial charge in [-0.1, -0.05) is 35.4 Å². The molecule has 108 valence electrons. The van der Waals surface area contributed by atoms with Gasteiger partial charge < -0.3 is 0 Å². The minimum atomic E-state index is -0.226. The maximum atomic E-state index is 12.8. The van der Waals surface area contributed by atoms with E-state index in [0.717, 1.165) is 12.8 Å². The molecule has 0 spiro atoms. The van der Waals surface area contributed by atoms with Crippen LogP contribution in [0.4, 0.5) is 5.69 Å². The predicted octanol–water partition coefficient (Wildman–Crippen LogP) is 3.70. The van der Waals surface area contributed by atoms with Crippen LogP contribution in [-0.4, -0.2) is 11.8 Å². The molecule has 0 radical (unpaired) electrons. The van der Waals surface area contributed by atoms with Crippen LogP contribution in [0.3, 0.4) is 0 Å². The van der Waals surface area contributed by atoms with Crippen molar-refractivity contribution >= 4 is 40.7 Å². The van der Waals surface area contributed by atoms with E-state index in [0.29, 0.717) is 15.7 Å². The van der Waals surface area contributed by atoms with E-state index in [9.17, 15) is 9.59 Å². The van der Waals surface area contributed by atoms with Gasteiger partial charge in [-0.15, -0.1) is 0 Å². The highest BCUT2D eigenvalue weighted by Crippen LogP contribution is 2.51. The summed E-state index contributed by atoms with van der Waals surface area (Å²) >= 11 is 12.2. The lowest BCUT2D eigenvalue weighted by Gasteiger charge is -2.38. The number of anilines is 1. The van der Waals surface area contributed by atoms with Gasteiger partial charge in [-0.2, -0.15) is 0 Å². The van der Waals surface area contributed by atoms with Crippen LogP contribution in [0.1, 0.15) is 12.8 Å². The molecule has 21 heavy (non-hydrogen) atoms. The van der Waals surface area contributed by atoms with E-state index in [1.807, 2.05) is 0 Å². The minimum Gasteiger partial charge on any atom is -0.274 e. The number of hydrogen-bond donors (Lipinski definition) is 0. The fraction of sp³-hybridized carbons (Fsp3) is 0.375. The first-order chi connectivity index (χ1) is 10.1. The molecule has 2 fully saturated rings. The lowest BCUT2D eigenvalue weighted by atomic mass is 9.63. The number of hydrogen-bond acceptors (Lipinski definition) is 2. The number of amides is 2. The van der Waals surface area contributed by atoms with Crippen LogP contribution >= 0.6 is 23.2 Å². The number of imide groups is 1. The Labute approximate surface area is 132 Å². The van der Waals surface area contributed by atoms with Gasteiger partial charge in [-0.05, 0) is 42.9 Å². The van der Waals surface area contributed by atoms with Crippen LogP contribution in [0, 0.1) is 23.7 Å². The third kappa shape index (κ3) is 1.80. The maximum absolute atomic E-state index is 12.8. The number of allylic oxidation sites excluding steroid dienone is 2. The summed E-state index contributed by atoms with van der Waals surface area (Å²) in [5.74, 6) is -0.354. The third-order valence-electron chi connectivity index (χ3n) is 4.91. The second-order valence-corrected chi connectivity index (χ2v) is 6.79. The normalized spacial score (nSPS) is 33.7. The summed E-state index contributed by atoms with van der Waals surface area (Å²) in [5, 5.41) is 0.839. The van der Waals surface area contributed by atoms with Crippen LogP contribution in [0.15, 0.2) is 30.4 Å². The lowest BCUT2D eigenvalue weighted by molar-refractivity contribution is -0.124. The van der Waals surface area contributed by atoms with Gasteiger partial charge in [0.1, 0.15) is 0 Å². The summed E-state index contributed by atoms with van der Waals surface area (Å²) in [5.41, 5.74) is 0.410. The van der Waals surface area contributed by atoms with Gasteiger partial charge in [0.15, 0.2) is 0 Å². The van der Waals surface area contributed by atoms with Gasteiger partial charge in [-0.25, -0.2) is 4.90 Å². The van der Waals surface area contributed by atoms with Crippen LogP contribution in [0.2, 0.25) is 10.0 Å². The van der Waals surface area contributed by atoms with Crippen LogP contribution in [0.5, 0.6) is 0 Å². The van der Waals surface area contributed by atoms with E-state index in [-0.39, 0.29) is 35.5 Å². The zero-order chi connectivity index (χ0) is 14.7. The van der Waals surface area contributed by atoms with Crippen LogP contribution in [-0.2, 0) is 9.59 Å². The number of nitrogens with zero attached hydrogens (tertiary/aromatic N) is 1. The van der Waals surface area contributed by atoms with Gasteiger partial charge in [-0.3, -0.25) is 9.59 Å². The van der Waals surface area contributed by atoms with Crippen molar-refractivity contribution in [2.75, 3.05) is 4.90 Å². The number of halogens is 2. The molecule has 4 atom stereocenters. The van der Waals surface area contributed by atoms with Gasteiger partial charge in [0.25, 0.3) is 0 Å². The van der Waals surface area contributed by atoms with Crippen LogP contribution < -0.4 is 4.90 Å². The van der Waals surface area contributed by atoms with Gasteiger partial charge in [0.2, 0.25) is 11.8 Å². The maximum Gasteiger partial charge on any atom is 0.238 e. The Hall–Kier alpha value is -1.32. The molecule has 1 aliphatic heterocycles. The molecule has 4 aliphatic rings. The number of benzene rings is 1. The highest BCUT2D eigenvalue weighted by molar-refractivity contribution is 6.37. The highest BCUT2D eigenvalue weighted by atomic mass is 35.5. The fourth-order valence-electron chi connectivity index (χ4n) is 3.97. The zero-order valence-corrected chi connectivity index (χ0v) is 12.6. The molecule has 2 bridgehead atoms. The lowest BCUT2D eigenvalue weighted by Crippen LogP contribution is -2.38. The summed E-state index contributed by atoms with van der Waals surface area (Å²) in [6.07, 6.45) is 6.17. The standard InChI is InChI=1S/C16H13Cl2NO2/c17-10-5-6-11(18)12(7-10)19-15(20)13-8-1-2-9(4-3-8)14(13)16(19)21/h1-2,5-9,13-14H,3-4H2/t8-,9+,13?,14?. The Morgan fingerprint density at radius 1 is 0.952 bits per heavy atom. The topological polar surface area (TPSA) is 37.4 Å². The Bertz CT molecular complexity index is 653. The second-order valence-electron chi connectivity index (χ2n) is 5.95. The molecular weight excluding hydrogens is 309 g/mol. The molecule has 0 aromatic heterocycles.